The quantitative estimate of drug-likeness (QED) is 0.568. The molecule has 5 nitrogen and oxygen atoms in total. The van der Waals surface area contributed by atoms with Crippen LogP contribution in [0.3, 0.4) is 0 Å². The Kier molecular flexibility index (Phi) is 3.82. The van der Waals surface area contributed by atoms with Crippen LogP contribution in [0.25, 0.3) is 10.8 Å². The first-order chi connectivity index (χ1) is 12.2. The molecule has 3 aromatic rings. The van der Waals surface area contributed by atoms with E-state index in [0.717, 1.165) is 16.5 Å². The van der Waals surface area contributed by atoms with Crippen LogP contribution in [0.4, 0.5) is 11.4 Å². The average Bonchev–Trinajstić information content (AvgIpc) is 2.63. The Balaban J connectivity index is 1.50. The minimum atomic E-state index is -0.704. The maximum atomic E-state index is 12.4. The zero-order chi connectivity index (χ0) is 17.2. The Bertz CT molecular complexity index is 963. The topological polar surface area (TPSA) is 67.4 Å². The summed E-state index contributed by atoms with van der Waals surface area (Å²) in [6, 6.07) is 20.0. The van der Waals surface area contributed by atoms with Gasteiger partial charge in [0, 0.05) is 11.1 Å². The van der Waals surface area contributed by atoms with E-state index in [1.807, 2.05) is 54.6 Å². The molecule has 3 aromatic carbocycles. The lowest BCUT2D eigenvalue weighted by molar-refractivity contribution is -0.137. The Morgan fingerprint density at radius 3 is 2.68 bits per heavy atom. The number of rotatable bonds is 3. The number of carbonyl (C=O) groups excluding carboxylic acids is 2. The summed E-state index contributed by atoms with van der Waals surface area (Å²) in [7, 11) is 0. The minimum Gasteiger partial charge on any atom is -0.423 e. The van der Waals surface area contributed by atoms with Gasteiger partial charge < -0.3 is 15.4 Å². The van der Waals surface area contributed by atoms with Crippen molar-refractivity contribution < 1.29 is 14.3 Å². The molecule has 124 valence electrons. The first kappa shape index (κ1) is 15.2. The Morgan fingerprint density at radius 1 is 1.00 bits per heavy atom. The van der Waals surface area contributed by atoms with Crippen molar-refractivity contribution in [2.24, 2.45) is 0 Å². The van der Waals surface area contributed by atoms with Gasteiger partial charge in [0.05, 0.1) is 12.1 Å². The molecule has 4 rings (SSSR count). The smallest absolute Gasteiger partial charge is 0.334 e. The number of esters is 1. The molecule has 0 saturated heterocycles. The van der Waals surface area contributed by atoms with Crippen LogP contribution in [0.5, 0.6) is 5.75 Å². The van der Waals surface area contributed by atoms with E-state index in [0.29, 0.717) is 11.4 Å². The van der Waals surface area contributed by atoms with E-state index in [1.54, 1.807) is 12.1 Å². The predicted octanol–water partition coefficient (Wildman–Crippen LogP) is 3.57. The number of ether oxygens (including phenoxy) is 1. The SMILES string of the molecule is O=C(CC1Nc2ccccc2OC1=O)Nc1cccc2ccccc12. The Labute approximate surface area is 144 Å². The van der Waals surface area contributed by atoms with Gasteiger partial charge in [-0.2, -0.15) is 0 Å². The molecule has 2 N–H and O–H groups in total. The van der Waals surface area contributed by atoms with E-state index < -0.39 is 12.0 Å². The number of nitrogens with one attached hydrogen (secondary N) is 2. The third kappa shape index (κ3) is 3.04. The standard InChI is InChI=1S/C20H16N2O3/c23-19(22-15-10-5-7-13-6-1-2-8-14(13)15)12-17-20(24)25-18-11-4-3-9-16(18)21-17/h1-11,17,21H,12H2,(H,22,23). The van der Waals surface area contributed by atoms with Crippen molar-refractivity contribution in [1.82, 2.24) is 0 Å². The van der Waals surface area contributed by atoms with Gasteiger partial charge in [0.25, 0.3) is 0 Å². The maximum absolute atomic E-state index is 12.4. The molecular formula is C20H16N2O3. The molecule has 1 atom stereocenters. The number of benzene rings is 3. The third-order valence-electron chi connectivity index (χ3n) is 4.17. The number of carbonyl (C=O) groups is 2. The van der Waals surface area contributed by atoms with Gasteiger partial charge in [0.1, 0.15) is 6.04 Å². The molecule has 1 aliphatic heterocycles. The molecular weight excluding hydrogens is 316 g/mol. The van der Waals surface area contributed by atoms with Gasteiger partial charge in [0.15, 0.2) is 5.75 Å². The summed E-state index contributed by atoms with van der Waals surface area (Å²) >= 11 is 0. The highest BCUT2D eigenvalue weighted by Crippen LogP contribution is 2.29. The number of fused-ring (bicyclic) bond motifs is 2. The summed E-state index contributed by atoms with van der Waals surface area (Å²) in [6.45, 7) is 0. The molecule has 1 aliphatic rings. The van der Waals surface area contributed by atoms with Crippen molar-refractivity contribution in [1.29, 1.82) is 0 Å². The largest absolute Gasteiger partial charge is 0.423 e. The van der Waals surface area contributed by atoms with Crippen molar-refractivity contribution in [3.8, 4) is 5.75 Å². The van der Waals surface area contributed by atoms with Gasteiger partial charge in [-0.25, -0.2) is 4.79 Å². The first-order valence-electron chi connectivity index (χ1n) is 8.05. The summed E-state index contributed by atoms with van der Waals surface area (Å²) in [6.07, 6.45) is -0.00358. The number of amides is 1. The normalized spacial score (nSPS) is 15.8. The third-order valence-corrected chi connectivity index (χ3v) is 4.17. The second-order valence-electron chi connectivity index (χ2n) is 5.89. The van der Waals surface area contributed by atoms with Gasteiger partial charge in [-0.05, 0) is 23.6 Å². The van der Waals surface area contributed by atoms with E-state index in [1.165, 1.54) is 0 Å². The van der Waals surface area contributed by atoms with E-state index >= 15 is 0 Å². The molecule has 5 heteroatoms. The fraction of sp³-hybridized carbons (Fsp3) is 0.100. The van der Waals surface area contributed by atoms with Crippen LogP contribution in [0.15, 0.2) is 66.7 Å². The Hall–Kier alpha value is -3.34. The van der Waals surface area contributed by atoms with Gasteiger partial charge in [-0.15, -0.1) is 0 Å². The number of para-hydroxylation sites is 2. The fourth-order valence-electron chi connectivity index (χ4n) is 2.96. The van der Waals surface area contributed by atoms with Crippen molar-refractivity contribution in [3.63, 3.8) is 0 Å². The summed E-state index contributed by atoms with van der Waals surface area (Å²) in [4.78, 5) is 24.5. The van der Waals surface area contributed by atoms with Gasteiger partial charge in [-0.3, -0.25) is 4.79 Å². The molecule has 0 bridgehead atoms. The van der Waals surface area contributed by atoms with Crippen molar-refractivity contribution in [3.05, 3.63) is 66.7 Å². The van der Waals surface area contributed by atoms with Gasteiger partial charge in [-0.1, -0.05) is 48.5 Å². The van der Waals surface area contributed by atoms with Crippen LogP contribution in [-0.2, 0) is 9.59 Å². The highest BCUT2D eigenvalue weighted by molar-refractivity contribution is 6.03. The van der Waals surface area contributed by atoms with Crippen LogP contribution >= 0.6 is 0 Å². The van der Waals surface area contributed by atoms with Crippen molar-refractivity contribution in [2.45, 2.75) is 12.5 Å². The van der Waals surface area contributed by atoms with Gasteiger partial charge >= 0.3 is 5.97 Å². The average molecular weight is 332 g/mol. The van der Waals surface area contributed by atoms with E-state index in [4.69, 9.17) is 4.74 Å². The lowest BCUT2D eigenvalue weighted by atomic mass is 10.1. The van der Waals surface area contributed by atoms with Crippen molar-refractivity contribution >= 4 is 34.0 Å². The number of hydrogen-bond acceptors (Lipinski definition) is 4. The van der Waals surface area contributed by atoms with Crippen molar-refractivity contribution in [2.75, 3.05) is 10.6 Å². The van der Waals surface area contributed by atoms with E-state index in [9.17, 15) is 9.59 Å². The molecule has 0 radical (unpaired) electrons. The second-order valence-corrected chi connectivity index (χ2v) is 5.89. The summed E-state index contributed by atoms with van der Waals surface area (Å²) < 4.78 is 5.28. The van der Waals surface area contributed by atoms with E-state index in [2.05, 4.69) is 10.6 Å². The second kappa shape index (κ2) is 6.28. The van der Waals surface area contributed by atoms with Crippen LogP contribution in [0, 0.1) is 0 Å². The van der Waals surface area contributed by atoms with Crippen LogP contribution in [-0.4, -0.2) is 17.9 Å². The highest BCUT2D eigenvalue weighted by Gasteiger charge is 2.29. The minimum absolute atomic E-state index is 0.00358. The molecule has 0 fully saturated rings. The highest BCUT2D eigenvalue weighted by atomic mass is 16.5. The molecule has 1 amide bonds. The monoisotopic (exact) mass is 332 g/mol. The zero-order valence-corrected chi connectivity index (χ0v) is 13.4. The first-order valence-corrected chi connectivity index (χ1v) is 8.05. The lowest BCUT2D eigenvalue weighted by Crippen LogP contribution is -2.39. The number of anilines is 2. The van der Waals surface area contributed by atoms with Gasteiger partial charge in [0.2, 0.25) is 5.91 Å². The molecule has 0 aliphatic carbocycles. The lowest BCUT2D eigenvalue weighted by Gasteiger charge is -2.25. The molecule has 0 aromatic heterocycles. The van der Waals surface area contributed by atoms with Crippen LogP contribution in [0.1, 0.15) is 6.42 Å². The predicted molar refractivity (Wildman–Crippen MR) is 96.7 cm³/mol. The summed E-state index contributed by atoms with van der Waals surface area (Å²) in [5.74, 6) is -0.213. The Morgan fingerprint density at radius 2 is 1.76 bits per heavy atom. The van der Waals surface area contributed by atoms with E-state index in [-0.39, 0.29) is 12.3 Å². The molecule has 0 saturated carbocycles. The number of hydrogen-bond donors (Lipinski definition) is 2. The summed E-state index contributed by atoms with van der Waals surface area (Å²) in [5, 5.41) is 7.96. The maximum Gasteiger partial charge on any atom is 0.334 e. The molecule has 1 heterocycles. The zero-order valence-electron chi connectivity index (χ0n) is 13.4. The van der Waals surface area contributed by atoms with Crippen LogP contribution in [0.2, 0.25) is 0 Å². The summed E-state index contributed by atoms with van der Waals surface area (Å²) in [5.41, 5.74) is 1.44. The molecule has 1 unspecified atom stereocenters. The molecule has 25 heavy (non-hydrogen) atoms. The fourth-order valence-corrected chi connectivity index (χ4v) is 2.96. The van der Waals surface area contributed by atoms with Crippen LogP contribution < -0.4 is 15.4 Å². The molecule has 0 spiro atoms.